The lowest BCUT2D eigenvalue weighted by molar-refractivity contribution is -0.220. The van der Waals surface area contributed by atoms with Gasteiger partial charge in [0.2, 0.25) is 0 Å². The highest BCUT2D eigenvalue weighted by Gasteiger charge is 2.73. The molecule has 1 spiro atoms. The highest BCUT2D eigenvalue weighted by molar-refractivity contribution is 5.95. The molecule has 11 rings (SSSR count). The number of carbonyl (C=O) groups is 1. The minimum Gasteiger partial charge on any atom is -0.387 e. The number of allylic oxidation sites excluding steroid dienone is 2. The van der Waals surface area contributed by atoms with E-state index in [1.165, 1.54) is 0 Å². The topological polar surface area (TPSA) is 105 Å². The lowest BCUT2D eigenvalue weighted by Gasteiger charge is -2.64. The number of ketones is 1. The molecule has 16 unspecified atom stereocenters. The van der Waals surface area contributed by atoms with Crippen LogP contribution in [0.4, 0.5) is 0 Å². The van der Waals surface area contributed by atoms with Gasteiger partial charge in [-0.2, -0.15) is 0 Å². The first-order valence-corrected chi connectivity index (χ1v) is 19.8. The van der Waals surface area contributed by atoms with E-state index in [0.717, 1.165) is 36.8 Å². The molecule has 10 aliphatic rings. The van der Waals surface area contributed by atoms with Gasteiger partial charge in [0.1, 0.15) is 18.8 Å². The third kappa shape index (κ3) is 4.79. The highest BCUT2D eigenvalue weighted by Crippen LogP contribution is 2.72. The Hall–Kier alpha value is -2.75. The standard InChI is InChI=1S/C45H54O7/c1-27-32-15-9-19-44(49)18-8-14-30-23-33-34-25-36(46)35-24-31(16-20-41(33,35)2)50-26-29(28-11-6-5-7-12-28)13-10-22-51-45(34)21-17-37(42(30,45)3)43(4,48)39(47)38(27)52-40(32)44/h5-7,9,11-12,19,25,27,29-33,35,37-40,47-49H,14-17,20-24,26H2,1-4H3. The molecule has 7 heteroatoms. The fourth-order valence-corrected chi connectivity index (χ4v) is 13.1. The molecule has 16 atom stereocenters. The fourth-order valence-electron chi connectivity index (χ4n) is 13.1. The van der Waals surface area contributed by atoms with Crippen molar-refractivity contribution in [2.75, 3.05) is 13.2 Å². The normalized spacial score (nSPS) is 51.8. The zero-order valence-electron chi connectivity index (χ0n) is 31.0. The molecule has 0 aromatic heterocycles. The number of benzene rings is 1. The van der Waals surface area contributed by atoms with Crippen molar-refractivity contribution in [3.63, 3.8) is 0 Å². The summed E-state index contributed by atoms with van der Waals surface area (Å²) in [6, 6.07) is 10.3. The quantitative estimate of drug-likeness (QED) is 0.261. The van der Waals surface area contributed by atoms with Crippen LogP contribution in [0.1, 0.15) is 90.5 Å². The molecular formula is C45H54O7. The molecule has 3 N–H and O–H groups in total. The molecule has 5 heterocycles. The van der Waals surface area contributed by atoms with E-state index in [-0.39, 0.29) is 65.3 Å². The second-order valence-electron chi connectivity index (χ2n) is 18.2. The first kappa shape index (κ1) is 35.0. The number of ether oxygens (including phenoxy) is 3. The van der Waals surface area contributed by atoms with Gasteiger partial charge in [-0.05, 0) is 110 Å². The molecule has 5 aliphatic carbocycles. The molecule has 0 amide bonds. The predicted molar refractivity (Wildman–Crippen MR) is 195 cm³/mol. The van der Waals surface area contributed by atoms with E-state index in [2.05, 4.69) is 56.6 Å². The minimum absolute atomic E-state index is 0.0141. The van der Waals surface area contributed by atoms with Crippen molar-refractivity contribution in [3.8, 4) is 23.7 Å². The fraction of sp³-hybridized carbons (Fsp3) is 0.667. The summed E-state index contributed by atoms with van der Waals surface area (Å²) < 4.78 is 20.4. The Morgan fingerprint density at radius 3 is 2.60 bits per heavy atom. The van der Waals surface area contributed by atoms with Crippen molar-refractivity contribution in [1.82, 2.24) is 0 Å². The molecule has 8 bridgehead atoms. The number of carbonyl (C=O) groups excluding carboxylic acids is 1. The van der Waals surface area contributed by atoms with Crippen LogP contribution in [0.15, 0.2) is 54.1 Å². The lowest BCUT2D eigenvalue weighted by atomic mass is 9.42. The summed E-state index contributed by atoms with van der Waals surface area (Å²) in [7, 11) is 0. The number of fused-ring (bicyclic) bond motifs is 3. The van der Waals surface area contributed by atoms with Crippen molar-refractivity contribution >= 4 is 5.78 Å². The Morgan fingerprint density at radius 2 is 1.79 bits per heavy atom. The summed E-state index contributed by atoms with van der Waals surface area (Å²) in [5.41, 5.74) is -2.80. The molecule has 1 aromatic carbocycles. The molecule has 4 fully saturated rings. The molecule has 0 radical (unpaired) electrons. The molecule has 52 heavy (non-hydrogen) atoms. The predicted octanol–water partition coefficient (Wildman–Crippen LogP) is 5.53. The van der Waals surface area contributed by atoms with Gasteiger partial charge in [-0.25, -0.2) is 0 Å². The van der Waals surface area contributed by atoms with Crippen LogP contribution in [0, 0.1) is 70.0 Å². The largest absolute Gasteiger partial charge is 0.387 e. The number of aliphatic hydroxyl groups excluding tert-OH is 1. The summed E-state index contributed by atoms with van der Waals surface area (Å²) in [5.74, 6) is 13.0. The van der Waals surface area contributed by atoms with Gasteiger partial charge in [-0.15, -0.1) is 0 Å². The maximum atomic E-state index is 14.5. The van der Waals surface area contributed by atoms with Crippen molar-refractivity contribution in [2.24, 2.45) is 46.3 Å². The molecule has 3 saturated carbocycles. The van der Waals surface area contributed by atoms with Crippen LogP contribution in [0.2, 0.25) is 0 Å². The second kappa shape index (κ2) is 12.1. The highest BCUT2D eigenvalue weighted by atomic mass is 16.5. The third-order valence-electron chi connectivity index (χ3n) is 16.0. The van der Waals surface area contributed by atoms with E-state index in [9.17, 15) is 20.1 Å². The van der Waals surface area contributed by atoms with E-state index in [1.54, 1.807) is 13.0 Å². The van der Waals surface area contributed by atoms with Gasteiger partial charge in [-0.3, -0.25) is 4.79 Å². The van der Waals surface area contributed by atoms with Gasteiger partial charge in [0.25, 0.3) is 0 Å². The lowest BCUT2D eigenvalue weighted by Crippen LogP contribution is -2.66. The van der Waals surface area contributed by atoms with E-state index in [4.69, 9.17) is 14.2 Å². The van der Waals surface area contributed by atoms with E-state index in [0.29, 0.717) is 32.3 Å². The van der Waals surface area contributed by atoms with E-state index in [1.807, 2.05) is 30.4 Å². The monoisotopic (exact) mass is 706 g/mol. The van der Waals surface area contributed by atoms with Gasteiger partial charge in [0, 0.05) is 17.8 Å². The Kier molecular flexibility index (Phi) is 8.16. The van der Waals surface area contributed by atoms with Crippen molar-refractivity contribution in [1.29, 1.82) is 0 Å². The molecule has 1 aromatic rings. The number of hydrogen-bond acceptors (Lipinski definition) is 7. The van der Waals surface area contributed by atoms with Gasteiger partial charge in [-0.1, -0.05) is 80.9 Å². The van der Waals surface area contributed by atoms with Crippen LogP contribution in [-0.2, 0) is 19.0 Å². The molecule has 7 nitrogen and oxygen atoms in total. The molecule has 276 valence electrons. The van der Waals surface area contributed by atoms with Crippen molar-refractivity contribution in [2.45, 2.75) is 126 Å². The van der Waals surface area contributed by atoms with Gasteiger partial charge < -0.3 is 29.5 Å². The Morgan fingerprint density at radius 1 is 0.981 bits per heavy atom. The van der Waals surface area contributed by atoms with Gasteiger partial charge >= 0.3 is 0 Å². The zero-order chi connectivity index (χ0) is 36.3. The third-order valence-corrected chi connectivity index (χ3v) is 16.0. The van der Waals surface area contributed by atoms with E-state index < -0.39 is 40.5 Å². The van der Waals surface area contributed by atoms with Crippen molar-refractivity contribution < 1.29 is 34.3 Å². The maximum absolute atomic E-state index is 14.5. The minimum atomic E-state index is -1.55. The van der Waals surface area contributed by atoms with Crippen LogP contribution < -0.4 is 0 Å². The summed E-state index contributed by atoms with van der Waals surface area (Å²) in [5, 5.41) is 37.2. The molecular weight excluding hydrogens is 652 g/mol. The summed E-state index contributed by atoms with van der Waals surface area (Å²) in [6.07, 6.45) is 8.86. The Balaban J connectivity index is 1.21. The smallest absolute Gasteiger partial charge is 0.170 e. The van der Waals surface area contributed by atoms with Crippen LogP contribution in [0.5, 0.6) is 0 Å². The molecule has 5 aliphatic heterocycles. The van der Waals surface area contributed by atoms with Crippen LogP contribution >= 0.6 is 0 Å². The van der Waals surface area contributed by atoms with Gasteiger partial charge in [0.15, 0.2) is 11.4 Å². The average Bonchev–Trinajstić information content (AvgIpc) is 3.64. The zero-order valence-corrected chi connectivity index (χ0v) is 31.0. The average molecular weight is 707 g/mol. The summed E-state index contributed by atoms with van der Waals surface area (Å²) in [6.45, 7) is 9.00. The number of aliphatic hydroxyl groups is 3. The second-order valence-corrected chi connectivity index (χ2v) is 18.2. The number of rotatable bonds is 1. The number of hydrogen-bond donors (Lipinski definition) is 3. The first-order chi connectivity index (χ1) is 24.8. The summed E-state index contributed by atoms with van der Waals surface area (Å²) in [4.78, 5) is 14.5. The van der Waals surface area contributed by atoms with Crippen LogP contribution in [0.25, 0.3) is 0 Å². The van der Waals surface area contributed by atoms with Gasteiger partial charge in [0.05, 0.1) is 35.9 Å². The molecule has 1 saturated heterocycles. The SMILES string of the molecule is CC1C2CC=CC3(O)C#CCC4CC5C6=CC(=O)C7CC(CCC75C)OCC(c5ccccc5)C#CCOC65CCC(C(C)(O)C(O)C1OC23)C45C. The van der Waals surface area contributed by atoms with Crippen LogP contribution in [0.3, 0.4) is 0 Å². The first-order valence-electron chi connectivity index (χ1n) is 19.8. The van der Waals surface area contributed by atoms with Crippen LogP contribution in [-0.4, -0.2) is 75.5 Å². The van der Waals surface area contributed by atoms with E-state index >= 15 is 0 Å². The Labute approximate surface area is 308 Å². The maximum Gasteiger partial charge on any atom is 0.170 e. The Bertz CT molecular complexity index is 1810. The summed E-state index contributed by atoms with van der Waals surface area (Å²) >= 11 is 0. The van der Waals surface area contributed by atoms with Crippen molar-refractivity contribution in [3.05, 3.63) is 59.7 Å².